The number of hydrogen-bond acceptors (Lipinski definition) is 5. The summed E-state index contributed by atoms with van der Waals surface area (Å²) in [4.78, 5) is 50.3. The average molecular weight is 422 g/mol. The number of ether oxygens (including phenoxy) is 1. The Morgan fingerprint density at radius 3 is 2.60 bits per heavy atom. The van der Waals surface area contributed by atoms with E-state index >= 15 is 0 Å². The zero-order valence-electron chi connectivity index (χ0n) is 17.1. The van der Waals surface area contributed by atoms with Gasteiger partial charge in [0.25, 0.3) is 5.91 Å². The molecule has 2 fully saturated rings. The monoisotopic (exact) mass is 422 g/mol. The first-order valence-electron chi connectivity index (χ1n) is 9.70. The fourth-order valence-corrected chi connectivity index (χ4v) is 4.76. The molecule has 2 atom stereocenters. The minimum absolute atomic E-state index is 0.154. The molecule has 2 unspecified atom stereocenters. The number of urea groups is 1. The van der Waals surface area contributed by atoms with Crippen molar-refractivity contribution in [3.63, 3.8) is 0 Å². The Morgan fingerprint density at radius 1 is 1.23 bits per heavy atom. The minimum atomic E-state index is -1.06. The molecule has 0 radical (unpaired) electrons. The van der Waals surface area contributed by atoms with Gasteiger partial charge in [0.05, 0.1) is 5.56 Å². The normalized spacial score (nSPS) is 25.4. The van der Waals surface area contributed by atoms with Crippen LogP contribution >= 0.6 is 0 Å². The first-order valence-corrected chi connectivity index (χ1v) is 9.70. The molecule has 1 heterocycles. The van der Waals surface area contributed by atoms with Gasteiger partial charge in [0.2, 0.25) is 5.78 Å². The molecule has 0 bridgehead atoms. The van der Waals surface area contributed by atoms with Crippen LogP contribution in [0.5, 0.6) is 0 Å². The van der Waals surface area contributed by atoms with Gasteiger partial charge in [0.1, 0.15) is 23.7 Å². The molecule has 3 amide bonds. The molecule has 1 saturated heterocycles. The highest BCUT2D eigenvalue weighted by molar-refractivity contribution is 6.09. The van der Waals surface area contributed by atoms with Crippen molar-refractivity contribution >= 4 is 23.7 Å². The van der Waals surface area contributed by atoms with Crippen LogP contribution in [0.15, 0.2) is 18.2 Å². The van der Waals surface area contributed by atoms with Crippen LogP contribution in [-0.2, 0) is 14.3 Å². The Hall–Kier alpha value is -2.84. The van der Waals surface area contributed by atoms with Crippen LogP contribution in [0.3, 0.4) is 0 Å². The van der Waals surface area contributed by atoms with Crippen LogP contribution < -0.4 is 5.32 Å². The van der Waals surface area contributed by atoms with E-state index in [1.165, 1.54) is 0 Å². The predicted octanol–water partition coefficient (Wildman–Crippen LogP) is 2.83. The summed E-state index contributed by atoms with van der Waals surface area (Å²) in [5.41, 5.74) is -1.76. The third kappa shape index (κ3) is 4.34. The van der Waals surface area contributed by atoms with Gasteiger partial charge in [0.15, 0.2) is 6.61 Å². The van der Waals surface area contributed by atoms with E-state index in [4.69, 9.17) is 4.74 Å². The second-order valence-corrected chi connectivity index (χ2v) is 8.97. The first kappa shape index (κ1) is 21.9. The van der Waals surface area contributed by atoms with Gasteiger partial charge in [-0.3, -0.25) is 19.3 Å². The fraction of sp³-hybridized carbons (Fsp3) is 0.524. The number of Topliss-reactive ketones (excluding diaryl/α,β-unsaturated/α-hetero) is 1. The number of nitrogens with zero attached hydrogens (tertiary/aromatic N) is 1. The van der Waals surface area contributed by atoms with E-state index in [9.17, 15) is 28.0 Å². The molecule has 1 aromatic carbocycles. The summed E-state index contributed by atoms with van der Waals surface area (Å²) in [6.45, 7) is 4.56. The van der Waals surface area contributed by atoms with Crippen LogP contribution in [0.25, 0.3) is 0 Å². The average Bonchev–Trinajstić information content (AvgIpc) is 2.83. The van der Waals surface area contributed by atoms with E-state index in [0.29, 0.717) is 18.9 Å². The largest absolute Gasteiger partial charge is 0.456 e. The number of hydrogen-bond donors (Lipinski definition) is 1. The van der Waals surface area contributed by atoms with Gasteiger partial charge in [-0.1, -0.05) is 20.8 Å². The molecule has 1 saturated carbocycles. The molecule has 9 heteroatoms. The molecule has 1 aliphatic heterocycles. The maximum absolute atomic E-state index is 13.6. The number of esters is 1. The molecule has 1 aromatic rings. The number of carbonyl (C=O) groups excluding carboxylic acids is 4. The molecule has 1 aliphatic carbocycles. The lowest BCUT2D eigenvalue weighted by Gasteiger charge is -2.43. The number of nitrogens with one attached hydrogen (secondary N) is 1. The van der Waals surface area contributed by atoms with Crippen molar-refractivity contribution in [3.8, 4) is 0 Å². The predicted molar refractivity (Wildman–Crippen MR) is 101 cm³/mol. The molecule has 162 valence electrons. The minimum Gasteiger partial charge on any atom is -0.456 e. The smallest absolute Gasteiger partial charge is 0.326 e. The lowest BCUT2D eigenvalue weighted by molar-refractivity contribution is -0.147. The van der Waals surface area contributed by atoms with E-state index in [1.54, 1.807) is 0 Å². The summed E-state index contributed by atoms with van der Waals surface area (Å²) in [6, 6.07) is 1.67. The Morgan fingerprint density at radius 2 is 1.93 bits per heavy atom. The number of amides is 3. The maximum Gasteiger partial charge on any atom is 0.326 e. The van der Waals surface area contributed by atoms with Gasteiger partial charge in [-0.25, -0.2) is 13.6 Å². The quantitative estimate of drug-likeness (QED) is 0.448. The zero-order chi connectivity index (χ0) is 22.3. The van der Waals surface area contributed by atoms with E-state index in [-0.39, 0.29) is 11.3 Å². The maximum atomic E-state index is 13.6. The third-order valence-corrected chi connectivity index (χ3v) is 5.50. The highest BCUT2D eigenvalue weighted by Crippen LogP contribution is 2.46. The van der Waals surface area contributed by atoms with E-state index in [2.05, 4.69) is 5.32 Å². The standard InChI is InChI=1S/C21H24F2N2O5/c1-12-7-20(2,3)11-21(8-12)18(28)25(19(29)24-21)9-17(27)30-10-16(26)14-6-13(22)4-5-15(14)23/h4-6,12H,7-11H2,1-3H3,(H,24,29). The van der Waals surface area contributed by atoms with Gasteiger partial charge < -0.3 is 10.1 Å². The lowest BCUT2D eigenvalue weighted by Crippen LogP contribution is -2.54. The van der Waals surface area contributed by atoms with Crippen LogP contribution in [0.1, 0.15) is 50.4 Å². The number of imide groups is 1. The van der Waals surface area contributed by atoms with E-state index in [1.807, 2.05) is 20.8 Å². The highest BCUT2D eigenvalue weighted by atomic mass is 19.1. The molecule has 0 aromatic heterocycles. The Labute approximate surface area is 172 Å². The summed E-state index contributed by atoms with van der Waals surface area (Å²) >= 11 is 0. The van der Waals surface area contributed by atoms with Crippen molar-refractivity contribution in [3.05, 3.63) is 35.4 Å². The molecular formula is C21H24F2N2O5. The van der Waals surface area contributed by atoms with Crippen LogP contribution in [0.2, 0.25) is 0 Å². The summed E-state index contributed by atoms with van der Waals surface area (Å²) in [7, 11) is 0. The van der Waals surface area contributed by atoms with E-state index in [0.717, 1.165) is 23.5 Å². The fourth-order valence-electron chi connectivity index (χ4n) is 4.76. The SMILES string of the molecule is CC1CC(C)(C)CC2(C1)NC(=O)N(CC(=O)OCC(=O)c1cc(F)ccc1F)C2=O. The highest BCUT2D eigenvalue weighted by Gasteiger charge is 2.56. The van der Waals surface area contributed by atoms with Crippen LogP contribution in [0.4, 0.5) is 13.6 Å². The van der Waals surface area contributed by atoms with Crippen molar-refractivity contribution in [2.75, 3.05) is 13.2 Å². The molecule has 30 heavy (non-hydrogen) atoms. The third-order valence-electron chi connectivity index (χ3n) is 5.50. The second kappa shape index (κ2) is 7.77. The number of ketones is 1. The van der Waals surface area contributed by atoms with Gasteiger partial charge in [-0.15, -0.1) is 0 Å². The molecule has 1 spiro atoms. The van der Waals surface area contributed by atoms with Gasteiger partial charge in [-0.2, -0.15) is 0 Å². The van der Waals surface area contributed by atoms with Gasteiger partial charge in [-0.05, 0) is 48.8 Å². The summed E-state index contributed by atoms with van der Waals surface area (Å²) in [5.74, 6) is -3.96. The molecular weight excluding hydrogens is 398 g/mol. The van der Waals surface area contributed by atoms with Crippen molar-refractivity contribution in [1.29, 1.82) is 0 Å². The summed E-state index contributed by atoms with van der Waals surface area (Å²) in [5, 5.41) is 2.74. The summed E-state index contributed by atoms with van der Waals surface area (Å²) in [6.07, 6.45) is 1.85. The Kier molecular flexibility index (Phi) is 5.66. The van der Waals surface area contributed by atoms with Crippen LogP contribution in [0, 0.1) is 23.0 Å². The van der Waals surface area contributed by atoms with E-state index < -0.39 is 59.6 Å². The van der Waals surface area contributed by atoms with Gasteiger partial charge in [0, 0.05) is 0 Å². The number of halogens is 2. The topological polar surface area (TPSA) is 92.8 Å². The van der Waals surface area contributed by atoms with Crippen molar-refractivity contribution in [2.45, 2.75) is 45.6 Å². The second-order valence-electron chi connectivity index (χ2n) is 8.97. The van der Waals surface area contributed by atoms with Gasteiger partial charge >= 0.3 is 12.0 Å². The van der Waals surface area contributed by atoms with Crippen molar-refractivity contribution < 1.29 is 32.7 Å². The number of rotatable bonds is 5. The number of benzene rings is 1. The number of carbonyl (C=O) groups is 4. The molecule has 1 N–H and O–H groups in total. The molecule has 2 aliphatic rings. The van der Waals surface area contributed by atoms with Crippen molar-refractivity contribution in [1.82, 2.24) is 10.2 Å². The molecule has 3 rings (SSSR count). The Bertz CT molecular complexity index is 917. The lowest BCUT2D eigenvalue weighted by atomic mass is 9.64. The molecule has 7 nitrogen and oxygen atoms in total. The summed E-state index contributed by atoms with van der Waals surface area (Å²) < 4.78 is 31.6. The zero-order valence-corrected chi connectivity index (χ0v) is 17.1. The Balaban J connectivity index is 1.63. The van der Waals surface area contributed by atoms with Crippen LogP contribution in [-0.4, -0.2) is 47.3 Å². The first-order chi connectivity index (χ1) is 13.9. The van der Waals surface area contributed by atoms with Crippen molar-refractivity contribution in [2.24, 2.45) is 11.3 Å².